The zero-order valence-corrected chi connectivity index (χ0v) is 26.7. The number of benzene rings is 1. The first kappa shape index (κ1) is 32.3. The fourth-order valence-electron chi connectivity index (χ4n) is 8.40. The van der Waals surface area contributed by atoms with Gasteiger partial charge in [-0.15, -0.1) is 0 Å². The van der Waals surface area contributed by atoms with E-state index in [1.54, 1.807) is 18.2 Å². The van der Waals surface area contributed by atoms with Gasteiger partial charge in [-0.25, -0.2) is 4.79 Å². The first-order valence-corrected chi connectivity index (χ1v) is 17.0. The number of allylic oxidation sites excluding steroid dienone is 4. The molecule has 44 heavy (non-hydrogen) atoms. The molecule has 0 radical (unpaired) electrons. The SMILES string of the molecule is CCCCCOC(=O)O[C@]1(C(=O)COS(=O)(=O)c2ccc(C)cc2)CC[C@H]2[C@@H]3CCC4=CC(=O)C=C[C@]4(C)[C@H]3C(=O)C[C@@]21C. The smallest absolute Gasteiger partial charge is 0.434 e. The molecule has 0 amide bonds. The molecule has 5 rings (SSSR count). The summed E-state index contributed by atoms with van der Waals surface area (Å²) >= 11 is 0. The Morgan fingerprint density at radius 1 is 1.05 bits per heavy atom. The van der Waals surface area contributed by atoms with Gasteiger partial charge < -0.3 is 9.47 Å². The highest BCUT2D eigenvalue weighted by Gasteiger charge is 2.70. The number of Topliss-reactive ketones (excluding diaryl/α,β-unsaturated/α-hetero) is 2. The summed E-state index contributed by atoms with van der Waals surface area (Å²) in [4.78, 5) is 53.4. The van der Waals surface area contributed by atoms with E-state index < -0.39 is 45.1 Å². The molecule has 0 N–H and O–H groups in total. The van der Waals surface area contributed by atoms with Crippen LogP contribution in [0.15, 0.2) is 53.0 Å². The zero-order valence-electron chi connectivity index (χ0n) is 25.9. The van der Waals surface area contributed by atoms with Crippen LogP contribution in [0.4, 0.5) is 4.79 Å². The van der Waals surface area contributed by atoms with Gasteiger partial charge in [0.15, 0.2) is 11.4 Å². The Bertz CT molecular complexity index is 1510. The van der Waals surface area contributed by atoms with Crippen LogP contribution in [0, 0.1) is 35.5 Å². The van der Waals surface area contributed by atoms with Crippen molar-refractivity contribution in [2.75, 3.05) is 13.2 Å². The highest BCUT2D eigenvalue weighted by atomic mass is 32.2. The van der Waals surface area contributed by atoms with Crippen molar-refractivity contribution < 1.29 is 41.3 Å². The second kappa shape index (κ2) is 12.0. The summed E-state index contributed by atoms with van der Waals surface area (Å²) in [5.74, 6) is -1.51. The van der Waals surface area contributed by atoms with Crippen LogP contribution < -0.4 is 0 Å². The summed E-state index contributed by atoms with van der Waals surface area (Å²) < 4.78 is 42.6. The molecule has 238 valence electrons. The van der Waals surface area contributed by atoms with Crippen molar-refractivity contribution in [2.45, 2.75) is 89.6 Å². The second-order valence-electron chi connectivity index (χ2n) is 13.3. The molecular formula is C34H42O9S. The van der Waals surface area contributed by atoms with E-state index in [0.29, 0.717) is 25.7 Å². The third kappa shape index (κ3) is 5.49. The van der Waals surface area contributed by atoms with Crippen LogP contribution in [-0.2, 0) is 38.2 Å². The molecular weight excluding hydrogens is 584 g/mol. The molecule has 3 saturated carbocycles. The van der Waals surface area contributed by atoms with Gasteiger partial charge in [0, 0.05) is 23.2 Å². The quantitative estimate of drug-likeness (QED) is 0.179. The molecule has 0 spiro atoms. The normalized spacial score (nSPS) is 32.7. The highest BCUT2D eigenvalue weighted by molar-refractivity contribution is 7.86. The van der Waals surface area contributed by atoms with Crippen molar-refractivity contribution in [3.63, 3.8) is 0 Å². The molecule has 1 aromatic rings. The molecule has 9 nitrogen and oxygen atoms in total. The molecule has 0 saturated heterocycles. The Kier molecular flexibility index (Phi) is 8.81. The molecule has 0 unspecified atom stereocenters. The van der Waals surface area contributed by atoms with Crippen LogP contribution in [0.25, 0.3) is 0 Å². The molecule has 0 aliphatic heterocycles. The number of hydrogen-bond donors (Lipinski definition) is 0. The summed E-state index contributed by atoms with van der Waals surface area (Å²) in [7, 11) is -4.28. The minimum atomic E-state index is -4.28. The largest absolute Gasteiger partial charge is 0.509 e. The maximum absolute atomic E-state index is 14.2. The third-order valence-corrected chi connectivity index (χ3v) is 12.0. The lowest BCUT2D eigenvalue weighted by atomic mass is 9.46. The van der Waals surface area contributed by atoms with Crippen molar-refractivity contribution >= 4 is 33.6 Å². The van der Waals surface area contributed by atoms with Crippen LogP contribution >= 0.6 is 0 Å². The van der Waals surface area contributed by atoms with Crippen LogP contribution in [-0.4, -0.2) is 50.7 Å². The van der Waals surface area contributed by atoms with E-state index in [0.717, 1.165) is 24.0 Å². The van der Waals surface area contributed by atoms with E-state index >= 15 is 0 Å². The van der Waals surface area contributed by atoms with Crippen molar-refractivity contribution in [3.8, 4) is 0 Å². The fraction of sp³-hybridized carbons (Fsp3) is 0.588. The van der Waals surface area contributed by atoms with Crippen molar-refractivity contribution in [1.29, 1.82) is 0 Å². The Labute approximate surface area is 259 Å². The maximum atomic E-state index is 14.2. The zero-order chi connectivity index (χ0) is 31.9. The average molecular weight is 627 g/mol. The minimum absolute atomic E-state index is 0.0386. The number of fused-ring (bicyclic) bond motifs is 5. The number of carbonyl (C=O) groups excluding carboxylic acids is 4. The van der Waals surface area contributed by atoms with E-state index in [2.05, 4.69) is 0 Å². The van der Waals surface area contributed by atoms with E-state index in [-0.39, 0.29) is 53.7 Å². The van der Waals surface area contributed by atoms with Gasteiger partial charge in [0.2, 0.25) is 5.78 Å². The van der Waals surface area contributed by atoms with Crippen molar-refractivity contribution in [1.82, 2.24) is 0 Å². The highest BCUT2D eigenvalue weighted by Crippen LogP contribution is 2.67. The number of rotatable bonds is 10. The number of carbonyl (C=O) groups is 4. The van der Waals surface area contributed by atoms with Gasteiger partial charge >= 0.3 is 6.16 Å². The van der Waals surface area contributed by atoms with Gasteiger partial charge in [0.1, 0.15) is 12.4 Å². The summed E-state index contributed by atoms with van der Waals surface area (Å²) in [6, 6.07) is 6.07. The third-order valence-electron chi connectivity index (χ3n) is 10.7. The second-order valence-corrected chi connectivity index (χ2v) is 14.9. The van der Waals surface area contributed by atoms with E-state index in [1.807, 2.05) is 33.8 Å². The lowest BCUT2D eigenvalue weighted by Gasteiger charge is -2.57. The van der Waals surface area contributed by atoms with E-state index in [1.165, 1.54) is 18.2 Å². The number of hydrogen-bond acceptors (Lipinski definition) is 9. The van der Waals surface area contributed by atoms with Gasteiger partial charge in [0.25, 0.3) is 10.1 Å². The summed E-state index contributed by atoms with van der Waals surface area (Å²) in [6.07, 6.45) is 8.31. The average Bonchev–Trinajstić information content (AvgIpc) is 3.26. The van der Waals surface area contributed by atoms with Gasteiger partial charge in [0.05, 0.1) is 11.5 Å². The van der Waals surface area contributed by atoms with Gasteiger partial charge in [-0.2, -0.15) is 8.42 Å². The molecule has 4 aliphatic rings. The molecule has 1 aromatic carbocycles. The maximum Gasteiger partial charge on any atom is 0.509 e. The first-order chi connectivity index (χ1) is 20.8. The van der Waals surface area contributed by atoms with Crippen LogP contribution in [0.3, 0.4) is 0 Å². The number of aryl methyl sites for hydroxylation is 1. The molecule has 4 aliphatic carbocycles. The molecule has 0 bridgehead atoms. The Morgan fingerprint density at radius 2 is 1.77 bits per heavy atom. The van der Waals surface area contributed by atoms with Gasteiger partial charge in [-0.3, -0.25) is 18.6 Å². The number of unbranched alkanes of at least 4 members (excludes halogenated alkanes) is 2. The number of ether oxygens (including phenoxy) is 2. The summed E-state index contributed by atoms with van der Waals surface area (Å²) in [5, 5.41) is 0. The Morgan fingerprint density at radius 3 is 2.48 bits per heavy atom. The summed E-state index contributed by atoms with van der Waals surface area (Å²) in [5.41, 5.74) is -1.70. The van der Waals surface area contributed by atoms with E-state index in [9.17, 15) is 27.6 Å². The molecule has 0 aromatic heterocycles. The minimum Gasteiger partial charge on any atom is -0.434 e. The predicted octanol–water partition coefficient (Wildman–Crippen LogP) is 5.84. The van der Waals surface area contributed by atoms with E-state index in [4.69, 9.17) is 13.7 Å². The topological polar surface area (TPSA) is 130 Å². The molecule has 6 atom stereocenters. The predicted molar refractivity (Wildman–Crippen MR) is 161 cm³/mol. The lowest BCUT2D eigenvalue weighted by molar-refractivity contribution is -0.172. The van der Waals surface area contributed by atoms with Crippen LogP contribution in [0.5, 0.6) is 0 Å². The molecule has 3 fully saturated rings. The van der Waals surface area contributed by atoms with Gasteiger partial charge in [-0.1, -0.05) is 63.0 Å². The Balaban J connectivity index is 1.45. The van der Waals surface area contributed by atoms with Crippen molar-refractivity contribution in [2.24, 2.45) is 28.6 Å². The van der Waals surface area contributed by atoms with Crippen molar-refractivity contribution in [3.05, 3.63) is 53.6 Å². The number of ketones is 3. The lowest BCUT2D eigenvalue weighted by Crippen LogP contribution is -2.62. The molecule has 10 heteroatoms. The first-order valence-electron chi connectivity index (χ1n) is 15.6. The fourth-order valence-corrected chi connectivity index (χ4v) is 9.27. The monoisotopic (exact) mass is 626 g/mol. The standard InChI is InChI=1S/C34H42O9S/c1-5-6-7-18-41-31(38)43-34(29(37)21-42-44(39,40)25-11-8-22(2)9-12-25)17-15-27-26-13-10-23-19-24(35)14-16-32(23,3)30(26)28(36)20-33(27,34)4/h8-9,11-12,14,16,19,26-27,30H,5-7,10,13,15,17-18,20-21H2,1-4H3/t26-,27-,30+,32-,33-,34-/m0/s1. The summed E-state index contributed by atoms with van der Waals surface area (Å²) in [6.45, 7) is 6.93. The van der Waals surface area contributed by atoms with Crippen LogP contribution in [0.1, 0.15) is 77.7 Å². The van der Waals surface area contributed by atoms with Gasteiger partial charge in [-0.05, 0) is 75.1 Å². The Hall–Kier alpha value is -3.11. The van der Waals surface area contributed by atoms with Crippen LogP contribution in [0.2, 0.25) is 0 Å². The molecule has 0 heterocycles.